The average Bonchev–Trinajstić information content (AvgIpc) is 2.75. The van der Waals surface area contributed by atoms with Crippen LogP contribution in [0, 0.1) is 5.92 Å². The van der Waals surface area contributed by atoms with Crippen molar-refractivity contribution in [2.24, 2.45) is 16.8 Å². The van der Waals surface area contributed by atoms with Crippen molar-refractivity contribution < 1.29 is 13.2 Å². The van der Waals surface area contributed by atoms with Crippen molar-refractivity contribution in [3.8, 4) is 5.75 Å². The lowest BCUT2D eigenvalue weighted by molar-refractivity contribution is 0.158. The molecule has 1 saturated carbocycles. The van der Waals surface area contributed by atoms with E-state index in [0.717, 1.165) is 19.3 Å². The number of nitrogens with two attached hydrogens (primary N) is 2. The molecule has 0 radical (unpaired) electrons. The van der Waals surface area contributed by atoms with Crippen LogP contribution in [0.25, 0.3) is 0 Å². The van der Waals surface area contributed by atoms with Crippen LogP contribution in [0.4, 0.5) is 0 Å². The van der Waals surface area contributed by atoms with Gasteiger partial charge in [-0.1, -0.05) is 12.1 Å². The molecule has 18 heavy (non-hydrogen) atoms. The lowest BCUT2D eigenvalue weighted by Gasteiger charge is -2.21. The molecule has 5 nitrogen and oxygen atoms in total. The van der Waals surface area contributed by atoms with Crippen molar-refractivity contribution >= 4 is 10.0 Å². The monoisotopic (exact) mass is 270 g/mol. The van der Waals surface area contributed by atoms with Gasteiger partial charge in [-0.25, -0.2) is 13.6 Å². The third kappa shape index (κ3) is 2.82. The van der Waals surface area contributed by atoms with Crippen molar-refractivity contribution in [1.82, 2.24) is 0 Å². The van der Waals surface area contributed by atoms with Crippen molar-refractivity contribution in [3.63, 3.8) is 0 Å². The second-order valence-corrected chi connectivity index (χ2v) is 6.10. The lowest BCUT2D eigenvalue weighted by atomic mass is 10.1. The van der Waals surface area contributed by atoms with Gasteiger partial charge in [0.1, 0.15) is 16.7 Å². The molecule has 0 amide bonds. The molecule has 0 aromatic heterocycles. The fourth-order valence-corrected chi connectivity index (χ4v) is 3.04. The summed E-state index contributed by atoms with van der Waals surface area (Å²) in [5.41, 5.74) is 5.68. The molecule has 0 saturated heterocycles. The Balaban J connectivity index is 2.24. The maximum absolute atomic E-state index is 11.5. The molecule has 6 heteroatoms. The summed E-state index contributed by atoms with van der Waals surface area (Å²) in [6.07, 6.45) is 2.97. The molecule has 2 unspecified atom stereocenters. The Morgan fingerprint density at radius 1 is 1.28 bits per heavy atom. The first-order chi connectivity index (χ1) is 8.52. The molecule has 2 rings (SSSR count). The number of hydrogen-bond donors (Lipinski definition) is 2. The van der Waals surface area contributed by atoms with E-state index >= 15 is 0 Å². The molecule has 2 atom stereocenters. The highest BCUT2D eigenvalue weighted by atomic mass is 32.2. The first-order valence-electron chi connectivity index (χ1n) is 6.01. The molecule has 0 spiro atoms. The number of benzene rings is 1. The van der Waals surface area contributed by atoms with Crippen LogP contribution < -0.4 is 15.6 Å². The fourth-order valence-electron chi connectivity index (χ4n) is 2.37. The Kier molecular flexibility index (Phi) is 3.89. The van der Waals surface area contributed by atoms with Crippen molar-refractivity contribution in [2.45, 2.75) is 30.3 Å². The van der Waals surface area contributed by atoms with Crippen LogP contribution in [0.2, 0.25) is 0 Å². The molecule has 1 aliphatic rings. The second-order valence-electron chi connectivity index (χ2n) is 4.57. The van der Waals surface area contributed by atoms with Crippen molar-refractivity contribution in [2.75, 3.05) is 6.54 Å². The van der Waals surface area contributed by atoms with E-state index in [0.29, 0.717) is 18.2 Å². The third-order valence-electron chi connectivity index (χ3n) is 3.33. The van der Waals surface area contributed by atoms with Crippen LogP contribution in [-0.2, 0) is 10.0 Å². The van der Waals surface area contributed by atoms with Crippen LogP contribution >= 0.6 is 0 Å². The molecule has 1 aromatic carbocycles. The van der Waals surface area contributed by atoms with Crippen LogP contribution in [0.1, 0.15) is 19.3 Å². The first-order valence-corrected chi connectivity index (χ1v) is 7.55. The topological polar surface area (TPSA) is 95.4 Å². The van der Waals surface area contributed by atoms with Gasteiger partial charge in [-0.3, -0.25) is 0 Å². The Morgan fingerprint density at radius 3 is 2.67 bits per heavy atom. The second kappa shape index (κ2) is 5.26. The summed E-state index contributed by atoms with van der Waals surface area (Å²) in [6.45, 7) is 0.558. The van der Waals surface area contributed by atoms with Gasteiger partial charge in [0.15, 0.2) is 0 Å². The van der Waals surface area contributed by atoms with Crippen molar-refractivity contribution in [3.05, 3.63) is 24.3 Å². The number of sulfonamides is 1. The van der Waals surface area contributed by atoms with Gasteiger partial charge in [0, 0.05) is 5.92 Å². The summed E-state index contributed by atoms with van der Waals surface area (Å²) in [6, 6.07) is 6.45. The largest absolute Gasteiger partial charge is 0.489 e. The van der Waals surface area contributed by atoms with Gasteiger partial charge in [-0.05, 0) is 37.9 Å². The third-order valence-corrected chi connectivity index (χ3v) is 4.28. The molecular formula is C12H18N2O3S. The average molecular weight is 270 g/mol. The zero-order chi connectivity index (χ0) is 13.2. The molecule has 1 aromatic rings. The Hall–Kier alpha value is -1.11. The van der Waals surface area contributed by atoms with Gasteiger partial charge < -0.3 is 10.5 Å². The Labute approximate surface area is 107 Å². The molecule has 100 valence electrons. The summed E-state index contributed by atoms with van der Waals surface area (Å²) in [7, 11) is -3.76. The van der Waals surface area contributed by atoms with Crippen LogP contribution in [-0.4, -0.2) is 21.1 Å². The fraction of sp³-hybridized carbons (Fsp3) is 0.500. The van der Waals surface area contributed by atoms with Crippen LogP contribution in [0.15, 0.2) is 29.2 Å². The zero-order valence-corrected chi connectivity index (χ0v) is 10.9. The van der Waals surface area contributed by atoms with Gasteiger partial charge in [0.25, 0.3) is 0 Å². The summed E-state index contributed by atoms with van der Waals surface area (Å²) in [4.78, 5) is 0.0349. The SMILES string of the molecule is NCC1CCCC1Oc1ccccc1S(N)(=O)=O. The van der Waals surface area contributed by atoms with Crippen LogP contribution in [0.5, 0.6) is 5.75 Å². The van der Waals surface area contributed by atoms with Gasteiger partial charge in [-0.15, -0.1) is 0 Å². The van der Waals surface area contributed by atoms with E-state index in [1.54, 1.807) is 18.2 Å². The standard InChI is InChI=1S/C12H18N2O3S/c13-8-9-4-3-6-10(9)17-11-5-1-2-7-12(11)18(14,15)16/h1-2,5,7,9-10H,3-4,6,8,13H2,(H2,14,15,16). The zero-order valence-electron chi connectivity index (χ0n) is 10.1. The van der Waals surface area contributed by atoms with E-state index in [1.165, 1.54) is 6.07 Å². The molecule has 4 N–H and O–H groups in total. The van der Waals surface area contributed by atoms with Gasteiger partial charge in [0.2, 0.25) is 10.0 Å². The number of primary sulfonamides is 1. The molecule has 0 bridgehead atoms. The summed E-state index contributed by atoms with van der Waals surface area (Å²) in [5.74, 6) is 0.615. The molecule has 0 aliphatic heterocycles. The Morgan fingerprint density at radius 2 is 2.00 bits per heavy atom. The predicted molar refractivity (Wildman–Crippen MR) is 68.6 cm³/mol. The van der Waals surface area contributed by atoms with Crippen LogP contribution in [0.3, 0.4) is 0 Å². The maximum atomic E-state index is 11.5. The van der Waals surface area contributed by atoms with E-state index in [2.05, 4.69) is 0 Å². The summed E-state index contributed by atoms with van der Waals surface area (Å²) in [5, 5.41) is 5.17. The maximum Gasteiger partial charge on any atom is 0.241 e. The quantitative estimate of drug-likeness (QED) is 0.847. The number of rotatable bonds is 4. The number of para-hydroxylation sites is 1. The normalized spacial score (nSPS) is 24.1. The minimum absolute atomic E-state index is 0.0158. The highest BCUT2D eigenvalue weighted by molar-refractivity contribution is 7.89. The lowest BCUT2D eigenvalue weighted by Crippen LogP contribution is -2.28. The van der Waals surface area contributed by atoms with E-state index < -0.39 is 10.0 Å². The van der Waals surface area contributed by atoms with E-state index in [-0.39, 0.29) is 11.0 Å². The molecular weight excluding hydrogens is 252 g/mol. The van der Waals surface area contributed by atoms with Gasteiger partial charge >= 0.3 is 0 Å². The van der Waals surface area contributed by atoms with Gasteiger partial charge in [0.05, 0.1) is 0 Å². The predicted octanol–water partition coefficient (Wildman–Crippen LogP) is 0.840. The van der Waals surface area contributed by atoms with E-state index in [4.69, 9.17) is 15.6 Å². The van der Waals surface area contributed by atoms with E-state index in [9.17, 15) is 8.42 Å². The minimum Gasteiger partial charge on any atom is -0.489 e. The van der Waals surface area contributed by atoms with E-state index in [1.807, 2.05) is 0 Å². The molecule has 0 heterocycles. The minimum atomic E-state index is -3.76. The summed E-state index contributed by atoms with van der Waals surface area (Å²) >= 11 is 0. The number of ether oxygens (including phenoxy) is 1. The highest BCUT2D eigenvalue weighted by Crippen LogP contribution is 2.31. The number of hydrogen-bond acceptors (Lipinski definition) is 4. The first kappa shape index (κ1) is 13.3. The smallest absolute Gasteiger partial charge is 0.241 e. The molecule has 1 fully saturated rings. The van der Waals surface area contributed by atoms with Gasteiger partial charge in [-0.2, -0.15) is 0 Å². The van der Waals surface area contributed by atoms with Crippen molar-refractivity contribution in [1.29, 1.82) is 0 Å². The molecule has 1 aliphatic carbocycles. The summed E-state index contributed by atoms with van der Waals surface area (Å²) < 4.78 is 28.7. The highest BCUT2D eigenvalue weighted by Gasteiger charge is 2.29. The Bertz CT molecular complexity index is 516.